The molecule has 0 aliphatic rings. The van der Waals surface area contributed by atoms with Gasteiger partial charge in [0.1, 0.15) is 12.4 Å². The Hall–Kier alpha value is -1.58. The second kappa shape index (κ2) is 3.89. The monoisotopic (exact) mass is 180 g/mol. The minimum atomic E-state index is -0.856. The van der Waals surface area contributed by atoms with Crippen LogP contribution in [0.2, 0.25) is 0 Å². The summed E-state index contributed by atoms with van der Waals surface area (Å²) in [6.45, 7) is 1.84. The van der Waals surface area contributed by atoms with Gasteiger partial charge in [-0.2, -0.15) is 0 Å². The van der Waals surface area contributed by atoms with Gasteiger partial charge >= 0.3 is 5.97 Å². The number of rotatable bonds is 3. The van der Waals surface area contributed by atoms with Crippen LogP contribution < -0.4 is 4.90 Å². The van der Waals surface area contributed by atoms with Crippen LogP contribution in [0.15, 0.2) is 18.2 Å². The van der Waals surface area contributed by atoms with Gasteiger partial charge in [-0.05, 0) is 19.1 Å². The molecule has 1 N–H and O–H groups in total. The highest BCUT2D eigenvalue weighted by Gasteiger charge is 2.05. The molecule has 0 bridgehead atoms. The summed E-state index contributed by atoms with van der Waals surface area (Å²) in [5, 5.41) is 8.55. The molecule has 1 heterocycles. The van der Waals surface area contributed by atoms with Crippen molar-refractivity contribution in [3.8, 4) is 0 Å². The molecule has 13 heavy (non-hydrogen) atoms. The molecule has 0 aliphatic heterocycles. The molecule has 0 atom stereocenters. The second-order valence-electron chi connectivity index (χ2n) is 2.89. The first kappa shape index (κ1) is 9.51. The molecule has 70 valence electrons. The summed E-state index contributed by atoms with van der Waals surface area (Å²) in [6.07, 6.45) is 0. The third kappa shape index (κ3) is 2.74. The third-order valence-electron chi connectivity index (χ3n) is 1.64. The number of carboxylic acid groups (broad SMARTS) is 1. The fourth-order valence-electron chi connectivity index (χ4n) is 1.03. The fourth-order valence-corrected chi connectivity index (χ4v) is 1.03. The van der Waals surface area contributed by atoms with Crippen molar-refractivity contribution in [3.05, 3.63) is 23.9 Å². The Morgan fingerprint density at radius 2 is 2.31 bits per heavy atom. The normalized spacial score (nSPS) is 9.69. The van der Waals surface area contributed by atoms with Gasteiger partial charge in [-0.1, -0.05) is 6.07 Å². The minimum Gasteiger partial charge on any atom is -0.480 e. The van der Waals surface area contributed by atoms with Crippen molar-refractivity contribution in [2.75, 3.05) is 18.5 Å². The minimum absolute atomic E-state index is 0.0313. The highest BCUT2D eigenvalue weighted by molar-refractivity contribution is 5.72. The molecule has 4 nitrogen and oxygen atoms in total. The summed E-state index contributed by atoms with van der Waals surface area (Å²) in [7, 11) is 1.70. The molecule has 0 amide bonds. The molecule has 0 spiro atoms. The second-order valence-corrected chi connectivity index (χ2v) is 2.89. The van der Waals surface area contributed by atoms with Gasteiger partial charge in [0.15, 0.2) is 0 Å². The van der Waals surface area contributed by atoms with Crippen LogP contribution in [0, 0.1) is 6.92 Å². The lowest BCUT2D eigenvalue weighted by Gasteiger charge is -2.15. The van der Waals surface area contributed by atoms with Gasteiger partial charge in [-0.25, -0.2) is 4.98 Å². The van der Waals surface area contributed by atoms with Crippen LogP contribution in [0.5, 0.6) is 0 Å². The van der Waals surface area contributed by atoms with Crippen molar-refractivity contribution < 1.29 is 9.90 Å². The van der Waals surface area contributed by atoms with E-state index in [2.05, 4.69) is 4.98 Å². The summed E-state index contributed by atoms with van der Waals surface area (Å²) in [6, 6.07) is 5.52. The predicted molar refractivity (Wildman–Crippen MR) is 49.9 cm³/mol. The van der Waals surface area contributed by atoms with Gasteiger partial charge in [0.05, 0.1) is 0 Å². The Balaban J connectivity index is 2.76. The first-order valence-electron chi connectivity index (χ1n) is 3.96. The lowest BCUT2D eigenvalue weighted by molar-refractivity contribution is -0.135. The number of carboxylic acids is 1. The van der Waals surface area contributed by atoms with Crippen LogP contribution in [-0.4, -0.2) is 29.7 Å². The number of carbonyl (C=O) groups is 1. The maximum atomic E-state index is 10.4. The van der Waals surface area contributed by atoms with Crippen LogP contribution in [0.4, 0.5) is 5.82 Å². The lowest BCUT2D eigenvalue weighted by atomic mass is 10.3. The third-order valence-corrected chi connectivity index (χ3v) is 1.64. The van der Waals surface area contributed by atoms with Crippen molar-refractivity contribution in [2.45, 2.75) is 6.92 Å². The molecule has 0 fully saturated rings. The highest BCUT2D eigenvalue weighted by Crippen LogP contribution is 2.08. The molecule has 1 aromatic heterocycles. The summed E-state index contributed by atoms with van der Waals surface area (Å²) >= 11 is 0. The smallest absolute Gasteiger partial charge is 0.323 e. The van der Waals surface area contributed by atoms with Gasteiger partial charge in [0, 0.05) is 12.7 Å². The number of likely N-dealkylation sites (N-methyl/N-ethyl adjacent to an activating group) is 1. The zero-order valence-electron chi connectivity index (χ0n) is 7.69. The fraction of sp³-hybridized carbons (Fsp3) is 0.333. The average Bonchev–Trinajstić information content (AvgIpc) is 2.03. The summed E-state index contributed by atoms with van der Waals surface area (Å²) in [5.74, 6) is -0.173. The molecule has 0 aromatic carbocycles. The Kier molecular flexibility index (Phi) is 2.84. The van der Waals surface area contributed by atoms with Gasteiger partial charge < -0.3 is 10.0 Å². The van der Waals surface area contributed by atoms with E-state index in [1.807, 2.05) is 19.1 Å². The highest BCUT2D eigenvalue weighted by atomic mass is 16.4. The van der Waals surface area contributed by atoms with E-state index in [0.29, 0.717) is 5.82 Å². The Bertz CT molecular complexity index is 312. The molecule has 0 radical (unpaired) electrons. The van der Waals surface area contributed by atoms with E-state index >= 15 is 0 Å². The van der Waals surface area contributed by atoms with Crippen molar-refractivity contribution in [3.63, 3.8) is 0 Å². The topological polar surface area (TPSA) is 53.4 Å². The largest absolute Gasteiger partial charge is 0.480 e. The van der Waals surface area contributed by atoms with Crippen molar-refractivity contribution in [1.82, 2.24) is 4.98 Å². The van der Waals surface area contributed by atoms with E-state index < -0.39 is 5.97 Å². The quantitative estimate of drug-likeness (QED) is 0.751. The molecule has 4 heteroatoms. The van der Waals surface area contributed by atoms with E-state index in [0.717, 1.165) is 5.69 Å². The molecular weight excluding hydrogens is 168 g/mol. The molecule has 1 rings (SSSR count). The first-order valence-corrected chi connectivity index (χ1v) is 3.96. The number of pyridine rings is 1. The van der Waals surface area contributed by atoms with Crippen molar-refractivity contribution in [1.29, 1.82) is 0 Å². The molecule has 0 saturated heterocycles. The van der Waals surface area contributed by atoms with Gasteiger partial charge in [-0.3, -0.25) is 4.79 Å². The number of aryl methyl sites for hydroxylation is 1. The molecule has 0 aliphatic carbocycles. The molecule has 0 saturated carbocycles. The maximum Gasteiger partial charge on any atom is 0.323 e. The molecule has 1 aromatic rings. The average molecular weight is 180 g/mol. The number of nitrogens with zero attached hydrogens (tertiary/aromatic N) is 2. The molecule has 0 unspecified atom stereocenters. The van der Waals surface area contributed by atoms with Crippen LogP contribution in [-0.2, 0) is 4.79 Å². The van der Waals surface area contributed by atoms with Crippen LogP contribution >= 0.6 is 0 Å². The summed E-state index contributed by atoms with van der Waals surface area (Å²) < 4.78 is 0. The van der Waals surface area contributed by atoms with Crippen molar-refractivity contribution in [2.24, 2.45) is 0 Å². The number of anilines is 1. The Morgan fingerprint density at radius 1 is 1.62 bits per heavy atom. The number of aliphatic carboxylic acids is 1. The van der Waals surface area contributed by atoms with Gasteiger partial charge in [0.2, 0.25) is 0 Å². The van der Waals surface area contributed by atoms with Crippen LogP contribution in [0.3, 0.4) is 0 Å². The maximum absolute atomic E-state index is 10.4. The standard InChI is InChI=1S/C9H12N2O2/c1-7-4-3-5-8(10-7)11(2)6-9(12)13/h3-5H,6H2,1-2H3,(H,12,13). The Labute approximate surface area is 76.8 Å². The predicted octanol–water partition coefficient (Wildman–Crippen LogP) is 0.911. The zero-order valence-corrected chi connectivity index (χ0v) is 7.69. The van der Waals surface area contributed by atoms with Crippen LogP contribution in [0.1, 0.15) is 5.69 Å². The molecular formula is C9H12N2O2. The number of aromatic nitrogens is 1. The van der Waals surface area contributed by atoms with E-state index in [9.17, 15) is 4.79 Å². The lowest BCUT2D eigenvalue weighted by Crippen LogP contribution is -2.25. The number of hydrogen-bond acceptors (Lipinski definition) is 3. The Morgan fingerprint density at radius 3 is 2.85 bits per heavy atom. The van der Waals surface area contributed by atoms with E-state index in [1.54, 1.807) is 18.0 Å². The zero-order chi connectivity index (χ0) is 9.84. The summed E-state index contributed by atoms with van der Waals surface area (Å²) in [4.78, 5) is 16.2. The van der Waals surface area contributed by atoms with E-state index in [4.69, 9.17) is 5.11 Å². The van der Waals surface area contributed by atoms with E-state index in [-0.39, 0.29) is 6.54 Å². The SMILES string of the molecule is Cc1cccc(N(C)CC(=O)O)n1. The first-order chi connectivity index (χ1) is 6.09. The number of hydrogen-bond donors (Lipinski definition) is 1. The summed E-state index contributed by atoms with van der Waals surface area (Å²) in [5.41, 5.74) is 0.884. The van der Waals surface area contributed by atoms with Crippen LogP contribution in [0.25, 0.3) is 0 Å². The van der Waals surface area contributed by atoms with Gasteiger partial charge in [0.25, 0.3) is 0 Å². The van der Waals surface area contributed by atoms with Crippen molar-refractivity contribution >= 4 is 11.8 Å². The van der Waals surface area contributed by atoms with E-state index in [1.165, 1.54) is 0 Å². The van der Waals surface area contributed by atoms with Gasteiger partial charge in [-0.15, -0.1) is 0 Å².